The van der Waals surface area contributed by atoms with E-state index < -0.39 is 20.0 Å². The van der Waals surface area contributed by atoms with Crippen molar-refractivity contribution in [2.24, 2.45) is 0 Å². The molecule has 0 aromatic carbocycles. The Hall–Kier alpha value is -1.28. The lowest BCUT2D eigenvalue weighted by Gasteiger charge is -2.25. The Balaban J connectivity index is 4.39. The number of unbranched alkanes of at least 4 members (excludes halogenated alkanes) is 22. The van der Waals surface area contributed by atoms with E-state index in [2.05, 4.69) is 43.5 Å². The van der Waals surface area contributed by atoms with Gasteiger partial charge in [-0.15, -0.1) is 0 Å². The van der Waals surface area contributed by atoms with Crippen LogP contribution in [0.25, 0.3) is 0 Å². The molecule has 0 aliphatic carbocycles. The lowest BCUT2D eigenvalue weighted by atomic mass is 10.0. The first-order valence-electron chi connectivity index (χ1n) is 21.9. The number of hydrogen-bond acceptors (Lipinski definition) is 5. The number of aliphatic hydroxyl groups is 1. The van der Waals surface area contributed by atoms with Gasteiger partial charge >= 0.3 is 7.82 Å². The number of rotatable bonds is 39. The summed E-state index contributed by atoms with van der Waals surface area (Å²) in [6, 6.07) is -0.846. The van der Waals surface area contributed by atoms with Gasteiger partial charge in [-0.3, -0.25) is 13.8 Å². The summed E-state index contributed by atoms with van der Waals surface area (Å²) in [7, 11) is 1.57. The van der Waals surface area contributed by atoms with Crippen LogP contribution in [0.1, 0.15) is 187 Å². The van der Waals surface area contributed by atoms with Gasteiger partial charge in [-0.05, 0) is 51.4 Å². The molecule has 53 heavy (non-hydrogen) atoms. The van der Waals surface area contributed by atoms with Crippen molar-refractivity contribution in [3.8, 4) is 0 Å². The van der Waals surface area contributed by atoms with Crippen LogP contribution in [0.3, 0.4) is 0 Å². The van der Waals surface area contributed by atoms with Gasteiger partial charge in [0.15, 0.2) is 0 Å². The summed E-state index contributed by atoms with van der Waals surface area (Å²) in [5.74, 6) is -0.184. The van der Waals surface area contributed by atoms with Crippen molar-refractivity contribution in [3.63, 3.8) is 0 Å². The Morgan fingerprint density at radius 2 is 1.08 bits per heavy atom. The summed E-state index contributed by atoms with van der Waals surface area (Å²) in [5.41, 5.74) is 0. The number of amides is 1. The molecule has 0 aromatic rings. The molecule has 0 rings (SSSR count). The van der Waals surface area contributed by atoms with E-state index in [0.29, 0.717) is 17.4 Å². The molecule has 0 saturated heterocycles. The van der Waals surface area contributed by atoms with E-state index >= 15 is 0 Å². The first-order chi connectivity index (χ1) is 25.5. The quantitative estimate of drug-likeness (QED) is 0.0249. The Bertz CT molecular complexity index is 964. The highest BCUT2D eigenvalue weighted by atomic mass is 31.2. The van der Waals surface area contributed by atoms with Crippen molar-refractivity contribution < 1.29 is 32.9 Å². The number of hydrogen-bond donors (Lipinski definition) is 3. The van der Waals surface area contributed by atoms with Crippen LogP contribution >= 0.6 is 7.82 Å². The summed E-state index contributed by atoms with van der Waals surface area (Å²) in [5, 5.41) is 13.8. The number of nitrogens with one attached hydrogen (secondary N) is 1. The highest BCUT2D eigenvalue weighted by molar-refractivity contribution is 7.47. The molecular weight excluding hydrogens is 683 g/mol. The van der Waals surface area contributed by atoms with Crippen LogP contribution in [0.2, 0.25) is 0 Å². The number of likely N-dealkylation sites (N-methyl/N-ethyl adjacent to an activating group) is 1. The minimum absolute atomic E-state index is 0.0603. The van der Waals surface area contributed by atoms with Crippen molar-refractivity contribution in [3.05, 3.63) is 36.5 Å². The van der Waals surface area contributed by atoms with Crippen LogP contribution in [-0.2, 0) is 18.4 Å². The van der Waals surface area contributed by atoms with E-state index in [0.717, 1.165) is 44.9 Å². The van der Waals surface area contributed by atoms with E-state index in [1.807, 2.05) is 27.2 Å². The van der Waals surface area contributed by atoms with Crippen molar-refractivity contribution in [1.82, 2.24) is 5.32 Å². The molecule has 0 bridgehead atoms. The molecule has 312 valence electrons. The third kappa shape index (κ3) is 38.8. The predicted molar refractivity (Wildman–Crippen MR) is 226 cm³/mol. The van der Waals surface area contributed by atoms with E-state index in [-0.39, 0.29) is 19.1 Å². The average molecular weight is 770 g/mol. The minimum Gasteiger partial charge on any atom is -0.387 e. The summed E-state index contributed by atoms with van der Waals surface area (Å²) in [6.45, 7) is 4.77. The van der Waals surface area contributed by atoms with Crippen LogP contribution in [-0.4, -0.2) is 73.4 Å². The van der Waals surface area contributed by atoms with E-state index in [4.69, 9.17) is 9.05 Å². The summed E-state index contributed by atoms with van der Waals surface area (Å²) in [4.78, 5) is 23.1. The number of carbonyl (C=O) groups is 1. The topological polar surface area (TPSA) is 105 Å². The van der Waals surface area contributed by atoms with Gasteiger partial charge < -0.3 is 19.8 Å². The average Bonchev–Trinajstić information content (AvgIpc) is 3.10. The molecule has 3 unspecified atom stereocenters. The zero-order valence-corrected chi connectivity index (χ0v) is 36.1. The number of phosphoric ester groups is 1. The third-order valence-electron chi connectivity index (χ3n) is 9.60. The molecule has 0 aliphatic heterocycles. The number of phosphoric acid groups is 1. The molecule has 0 heterocycles. The largest absolute Gasteiger partial charge is 0.472 e. The Morgan fingerprint density at radius 3 is 1.58 bits per heavy atom. The van der Waals surface area contributed by atoms with Crippen molar-refractivity contribution >= 4 is 13.7 Å². The van der Waals surface area contributed by atoms with Crippen LogP contribution < -0.4 is 5.32 Å². The number of allylic oxidation sites excluding steroid dienone is 5. The zero-order valence-electron chi connectivity index (χ0n) is 35.3. The number of aliphatic hydroxyl groups excluding tert-OH is 1. The van der Waals surface area contributed by atoms with Gasteiger partial charge in [0.2, 0.25) is 5.91 Å². The summed E-state index contributed by atoms with van der Waals surface area (Å²) in [6.07, 6.45) is 43.5. The smallest absolute Gasteiger partial charge is 0.387 e. The fourth-order valence-corrected chi connectivity index (χ4v) is 6.81. The molecule has 0 radical (unpaired) electrons. The van der Waals surface area contributed by atoms with Crippen LogP contribution in [0.5, 0.6) is 0 Å². The zero-order chi connectivity index (χ0) is 39.3. The summed E-state index contributed by atoms with van der Waals surface area (Å²) < 4.78 is 23.5. The van der Waals surface area contributed by atoms with Gasteiger partial charge in [0, 0.05) is 6.42 Å². The lowest BCUT2D eigenvalue weighted by molar-refractivity contribution is -0.870. The molecule has 0 aromatic heterocycles. The third-order valence-corrected chi connectivity index (χ3v) is 10.6. The lowest BCUT2D eigenvalue weighted by Crippen LogP contribution is -2.45. The van der Waals surface area contributed by atoms with Gasteiger partial charge in [-0.25, -0.2) is 4.57 Å². The maximum atomic E-state index is 12.8. The fraction of sp³-hybridized carbons (Fsp3) is 0.841. The van der Waals surface area contributed by atoms with Crippen molar-refractivity contribution in [2.75, 3.05) is 40.9 Å². The normalized spacial score (nSPS) is 14.8. The maximum Gasteiger partial charge on any atom is 0.472 e. The number of nitrogens with zero attached hydrogens (tertiary/aromatic N) is 1. The standard InChI is InChI=1S/C44H85N2O6P/c1-6-8-10-12-14-16-18-20-21-22-23-24-25-26-28-30-32-34-36-38-44(48)45-42(41-52-53(49,50)51-40-39-46(3,4)5)43(47)37-35-33-31-29-27-19-17-15-13-11-9-7-2/h14,16,20-21,35,37,42-43,47H,6-13,15,17-19,22-34,36,38-41H2,1-5H3,(H-,45,48,49,50)/p+1/b16-14-,21-20-,37-35+. The van der Waals surface area contributed by atoms with Crippen molar-refractivity contribution in [2.45, 2.75) is 199 Å². The monoisotopic (exact) mass is 770 g/mol. The molecule has 1 amide bonds. The van der Waals surface area contributed by atoms with E-state index in [9.17, 15) is 19.4 Å². The molecular formula is C44H86N2O6P+. The fourth-order valence-electron chi connectivity index (χ4n) is 6.07. The van der Waals surface area contributed by atoms with Crippen molar-refractivity contribution in [1.29, 1.82) is 0 Å². The Kier molecular flexibility index (Phi) is 35.5. The van der Waals surface area contributed by atoms with E-state index in [1.54, 1.807) is 6.08 Å². The first-order valence-corrected chi connectivity index (χ1v) is 23.4. The Labute approximate surface area is 327 Å². The number of quaternary nitrogens is 1. The molecule has 8 nitrogen and oxygen atoms in total. The SMILES string of the molecule is CCCCC/C=C\C/C=C\CCCCCCCCCCCC(=O)NC(COP(=O)(O)OCC[N+](C)(C)C)C(O)/C=C/CCCCCCCCCCCC. The summed E-state index contributed by atoms with van der Waals surface area (Å²) >= 11 is 0. The van der Waals surface area contributed by atoms with Gasteiger partial charge in [0.1, 0.15) is 13.2 Å². The predicted octanol–water partition coefficient (Wildman–Crippen LogP) is 11.9. The molecule has 9 heteroatoms. The van der Waals surface area contributed by atoms with Gasteiger partial charge in [0.25, 0.3) is 0 Å². The Morgan fingerprint density at radius 1 is 0.642 bits per heavy atom. The second-order valence-corrected chi connectivity index (χ2v) is 17.5. The first kappa shape index (κ1) is 51.7. The molecule has 3 N–H and O–H groups in total. The molecule has 0 spiro atoms. The molecule has 0 fully saturated rings. The van der Waals surface area contributed by atoms with E-state index in [1.165, 1.54) is 122 Å². The molecule has 3 atom stereocenters. The van der Waals surface area contributed by atoms with Crippen LogP contribution in [0.4, 0.5) is 0 Å². The van der Waals surface area contributed by atoms with Gasteiger partial charge in [-0.2, -0.15) is 0 Å². The molecule has 0 aliphatic rings. The van der Waals surface area contributed by atoms with Gasteiger partial charge in [0.05, 0.1) is 39.9 Å². The minimum atomic E-state index is -4.33. The maximum absolute atomic E-state index is 12.8. The number of carbonyl (C=O) groups excluding carboxylic acids is 1. The molecule has 0 saturated carbocycles. The second kappa shape index (κ2) is 36.4. The van der Waals surface area contributed by atoms with Crippen LogP contribution in [0, 0.1) is 0 Å². The van der Waals surface area contributed by atoms with Crippen LogP contribution in [0.15, 0.2) is 36.5 Å². The highest BCUT2D eigenvalue weighted by Gasteiger charge is 2.27. The van der Waals surface area contributed by atoms with Gasteiger partial charge in [-0.1, -0.05) is 166 Å². The highest BCUT2D eigenvalue weighted by Crippen LogP contribution is 2.43. The second-order valence-electron chi connectivity index (χ2n) is 16.1.